The highest BCUT2D eigenvalue weighted by atomic mass is 16.1. The van der Waals surface area contributed by atoms with E-state index in [1.807, 2.05) is 26.4 Å². The third-order valence-corrected chi connectivity index (χ3v) is 2.79. The Balaban J connectivity index is 2.44. The minimum absolute atomic E-state index is 0.106. The van der Waals surface area contributed by atoms with E-state index in [0.29, 0.717) is 6.04 Å². The van der Waals surface area contributed by atoms with E-state index in [9.17, 15) is 4.79 Å². The molecule has 86 valence electrons. The number of aryl methyl sites for hydroxylation is 2. The molecule has 1 aromatic heterocycles. The second-order valence-electron chi connectivity index (χ2n) is 3.89. The lowest BCUT2D eigenvalue weighted by molar-refractivity contribution is 0.498. The van der Waals surface area contributed by atoms with Gasteiger partial charge < -0.3 is 5.32 Å². The Morgan fingerprint density at radius 2 is 2.07 bits per heavy atom. The Labute approximate surface area is 90.9 Å². The number of rotatable bonds is 6. The van der Waals surface area contributed by atoms with Crippen molar-refractivity contribution in [2.24, 2.45) is 0 Å². The molecule has 1 heterocycles. The Morgan fingerprint density at radius 3 is 2.60 bits per heavy atom. The number of nitrogens with one attached hydrogen (secondary N) is 1. The molecule has 0 aromatic carbocycles. The van der Waals surface area contributed by atoms with Crippen LogP contribution in [0.4, 0.5) is 0 Å². The van der Waals surface area contributed by atoms with Gasteiger partial charge in [0.05, 0.1) is 0 Å². The van der Waals surface area contributed by atoms with E-state index in [0.717, 1.165) is 25.9 Å². The van der Waals surface area contributed by atoms with Crippen LogP contribution in [0.15, 0.2) is 17.2 Å². The first-order valence-corrected chi connectivity index (χ1v) is 5.61. The number of hydrogen-bond acceptors (Lipinski definition) is 2. The summed E-state index contributed by atoms with van der Waals surface area (Å²) in [5.74, 6) is 0. The van der Waals surface area contributed by atoms with Crippen molar-refractivity contribution in [3.05, 3.63) is 22.9 Å². The van der Waals surface area contributed by atoms with Gasteiger partial charge >= 0.3 is 5.69 Å². The van der Waals surface area contributed by atoms with Gasteiger partial charge in [-0.25, -0.2) is 4.79 Å². The van der Waals surface area contributed by atoms with Gasteiger partial charge in [-0.05, 0) is 33.7 Å². The van der Waals surface area contributed by atoms with Gasteiger partial charge in [-0.3, -0.25) is 9.13 Å². The highest BCUT2D eigenvalue weighted by Crippen LogP contribution is 1.98. The van der Waals surface area contributed by atoms with Crippen molar-refractivity contribution in [2.75, 3.05) is 7.05 Å². The molecule has 0 aliphatic carbocycles. The smallest absolute Gasteiger partial charge is 0.317 e. The normalized spacial score (nSPS) is 13.0. The molecule has 1 atom stereocenters. The quantitative estimate of drug-likeness (QED) is 0.764. The summed E-state index contributed by atoms with van der Waals surface area (Å²) in [5, 5.41) is 3.19. The number of hydrogen-bond donors (Lipinski definition) is 1. The molecule has 4 heteroatoms. The first kappa shape index (κ1) is 12.0. The molecule has 1 N–H and O–H groups in total. The molecular formula is C11H21N3O. The monoisotopic (exact) mass is 211 g/mol. The lowest BCUT2D eigenvalue weighted by Gasteiger charge is -2.09. The maximum atomic E-state index is 11.7. The minimum Gasteiger partial charge on any atom is -0.317 e. The molecule has 0 spiro atoms. The van der Waals surface area contributed by atoms with Crippen molar-refractivity contribution in [3.63, 3.8) is 0 Å². The van der Waals surface area contributed by atoms with Crippen molar-refractivity contribution >= 4 is 0 Å². The van der Waals surface area contributed by atoms with Crippen LogP contribution in [-0.2, 0) is 13.1 Å². The Morgan fingerprint density at radius 1 is 1.40 bits per heavy atom. The lowest BCUT2D eigenvalue weighted by atomic mass is 10.2. The first-order chi connectivity index (χ1) is 7.19. The molecule has 0 radical (unpaired) electrons. The summed E-state index contributed by atoms with van der Waals surface area (Å²) >= 11 is 0. The number of imidazole rings is 1. The van der Waals surface area contributed by atoms with Crippen LogP contribution in [0.1, 0.15) is 26.7 Å². The van der Waals surface area contributed by atoms with Gasteiger partial charge in [0.1, 0.15) is 0 Å². The fraction of sp³-hybridized carbons (Fsp3) is 0.727. The van der Waals surface area contributed by atoms with E-state index in [4.69, 9.17) is 0 Å². The van der Waals surface area contributed by atoms with Gasteiger partial charge in [-0.2, -0.15) is 0 Å². The minimum atomic E-state index is 0.106. The molecule has 1 rings (SSSR count). The van der Waals surface area contributed by atoms with Gasteiger partial charge in [0.2, 0.25) is 0 Å². The van der Waals surface area contributed by atoms with E-state index in [1.54, 1.807) is 9.13 Å². The molecule has 1 unspecified atom stereocenters. The van der Waals surface area contributed by atoms with Crippen LogP contribution in [0.5, 0.6) is 0 Å². The van der Waals surface area contributed by atoms with Gasteiger partial charge in [-0.1, -0.05) is 0 Å². The van der Waals surface area contributed by atoms with Crippen LogP contribution >= 0.6 is 0 Å². The zero-order chi connectivity index (χ0) is 11.3. The maximum absolute atomic E-state index is 11.7. The summed E-state index contributed by atoms with van der Waals surface area (Å²) in [6.45, 7) is 5.70. The maximum Gasteiger partial charge on any atom is 0.328 e. The molecule has 15 heavy (non-hydrogen) atoms. The van der Waals surface area contributed by atoms with Crippen molar-refractivity contribution in [3.8, 4) is 0 Å². The second-order valence-corrected chi connectivity index (χ2v) is 3.89. The largest absolute Gasteiger partial charge is 0.328 e. The SMILES string of the molecule is CCn1ccn(CCCC(C)NC)c1=O. The predicted octanol–water partition coefficient (Wildman–Crippen LogP) is 1.06. The number of nitrogens with zero attached hydrogens (tertiary/aromatic N) is 2. The van der Waals surface area contributed by atoms with E-state index >= 15 is 0 Å². The summed E-state index contributed by atoms with van der Waals surface area (Å²) in [4.78, 5) is 11.7. The summed E-state index contributed by atoms with van der Waals surface area (Å²) in [5.41, 5.74) is 0.106. The topological polar surface area (TPSA) is 39.0 Å². The first-order valence-electron chi connectivity index (χ1n) is 5.61. The summed E-state index contributed by atoms with van der Waals surface area (Å²) in [6, 6.07) is 0.522. The number of aromatic nitrogens is 2. The van der Waals surface area contributed by atoms with Gasteiger partial charge in [0.15, 0.2) is 0 Å². The van der Waals surface area contributed by atoms with Gasteiger partial charge in [-0.15, -0.1) is 0 Å². The van der Waals surface area contributed by atoms with Crippen LogP contribution < -0.4 is 11.0 Å². The molecule has 0 amide bonds. The molecular weight excluding hydrogens is 190 g/mol. The van der Waals surface area contributed by atoms with Crippen LogP contribution in [-0.4, -0.2) is 22.2 Å². The Hall–Kier alpha value is -1.03. The van der Waals surface area contributed by atoms with E-state index < -0.39 is 0 Å². The zero-order valence-electron chi connectivity index (χ0n) is 9.86. The van der Waals surface area contributed by atoms with Crippen molar-refractivity contribution in [1.29, 1.82) is 0 Å². The van der Waals surface area contributed by atoms with Crippen LogP contribution in [0.25, 0.3) is 0 Å². The zero-order valence-corrected chi connectivity index (χ0v) is 9.86. The fourth-order valence-electron chi connectivity index (χ4n) is 1.58. The van der Waals surface area contributed by atoms with Crippen LogP contribution in [0.3, 0.4) is 0 Å². The third kappa shape index (κ3) is 3.23. The van der Waals surface area contributed by atoms with E-state index in [2.05, 4.69) is 12.2 Å². The summed E-state index contributed by atoms with van der Waals surface area (Å²) in [7, 11) is 1.96. The standard InChI is InChI=1S/C11H21N3O/c1-4-13-8-9-14(11(13)15)7-5-6-10(2)12-3/h8-10,12H,4-7H2,1-3H3. The van der Waals surface area contributed by atoms with E-state index in [-0.39, 0.29) is 5.69 Å². The molecule has 0 bridgehead atoms. The summed E-state index contributed by atoms with van der Waals surface area (Å²) in [6.07, 6.45) is 5.86. The molecule has 0 saturated carbocycles. The molecule has 0 fully saturated rings. The fourth-order valence-corrected chi connectivity index (χ4v) is 1.58. The second kappa shape index (κ2) is 5.75. The Kier molecular flexibility index (Phi) is 4.62. The van der Waals surface area contributed by atoms with Crippen LogP contribution in [0.2, 0.25) is 0 Å². The average molecular weight is 211 g/mol. The van der Waals surface area contributed by atoms with Crippen molar-refractivity contribution in [1.82, 2.24) is 14.5 Å². The third-order valence-electron chi connectivity index (χ3n) is 2.79. The summed E-state index contributed by atoms with van der Waals surface area (Å²) < 4.78 is 3.51. The molecule has 4 nitrogen and oxygen atoms in total. The van der Waals surface area contributed by atoms with Gasteiger partial charge in [0, 0.05) is 31.5 Å². The molecule has 1 aromatic rings. The van der Waals surface area contributed by atoms with Gasteiger partial charge in [0.25, 0.3) is 0 Å². The average Bonchev–Trinajstić information content (AvgIpc) is 2.60. The predicted molar refractivity (Wildman–Crippen MR) is 62.1 cm³/mol. The van der Waals surface area contributed by atoms with Crippen molar-refractivity contribution in [2.45, 2.75) is 45.8 Å². The van der Waals surface area contributed by atoms with Crippen LogP contribution in [0, 0.1) is 0 Å². The lowest BCUT2D eigenvalue weighted by Crippen LogP contribution is -2.25. The Bertz CT molecular complexity index is 340. The highest BCUT2D eigenvalue weighted by Gasteiger charge is 2.02. The highest BCUT2D eigenvalue weighted by molar-refractivity contribution is 4.81. The van der Waals surface area contributed by atoms with Crippen molar-refractivity contribution < 1.29 is 0 Å². The molecule has 0 saturated heterocycles. The van der Waals surface area contributed by atoms with E-state index in [1.165, 1.54) is 0 Å². The molecule has 0 aliphatic heterocycles. The molecule has 0 aliphatic rings.